The van der Waals surface area contributed by atoms with E-state index in [2.05, 4.69) is 31.4 Å². The van der Waals surface area contributed by atoms with Gasteiger partial charge in [-0.3, -0.25) is 10.1 Å². The molecule has 0 aliphatic carbocycles. The van der Waals surface area contributed by atoms with E-state index >= 15 is 0 Å². The number of halogens is 1. The predicted octanol–water partition coefficient (Wildman–Crippen LogP) is 3.35. The average molecular weight is 374 g/mol. The van der Waals surface area contributed by atoms with Crippen LogP contribution in [-0.2, 0) is 4.79 Å². The lowest BCUT2D eigenvalue weighted by molar-refractivity contribution is -0.118. The summed E-state index contributed by atoms with van der Waals surface area (Å²) in [5.74, 6) is 0.370. The fourth-order valence-corrected chi connectivity index (χ4v) is 3.16. The van der Waals surface area contributed by atoms with Crippen LogP contribution in [0.3, 0.4) is 0 Å². The fourth-order valence-electron chi connectivity index (χ4n) is 1.36. The quantitative estimate of drug-likeness (QED) is 0.642. The Kier molecular flexibility index (Phi) is 5.38. The van der Waals surface area contributed by atoms with Gasteiger partial charge in [-0.1, -0.05) is 29.2 Å². The van der Waals surface area contributed by atoms with Crippen molar-refractivity contribution in [1.29, 1.82) is 0 Å². The lowest BCUT2D eigenvalue weighted by atomic mass is 10.2. The summed E-state index contributed by atoms with van der Waals surface area (Å²) >= 11 is 6.22. The highest BCUT2D eigenvalue weighted by molar-refractivity contribution is 9.10. The first kappa shape index (κ1) is 15.3. The first-order valence-corrected chi connectivity index (χ1v) is 8.48. The average Bonchev–Trinajstić information content (AvgIpc) is 2.85. The van der Waals surface area contributed by atoms with Crippen molar-refractivity contribution in [2.75, 3.05) is 18.2 Å². The molecule has 0 atom stereocenters. The van der Waals surface area contributed by atoms with Crippen LogP contribution in [0.2, 0.25) is 0 Å². The number of ether oxygens (including phenoxy) is 1. The molecule has 1 N–H and O–H groups in total. The summed E-state index contributed by atoms with van der Waals surface area (Å²) in [7, 11) is 0. The van der Waals surface area contributed by atoms with Crippen molar-refractivity contribution in [2.45, 2.75) is 11.3 Å². The number of rotatable bonds is 5. The van der Waals surface area contributed by atoms with Crippen LogP contribution in [0.5, 0.6) is 5.75 Å². The van der Waals surface area contributed by atoms with Gasteiger partial charge in [0, 0.05) is 0 Å². The Bertz CT molecular complexity index is 618. The smallest absolute Gasteiger partial charge is 0.264 e. The SMILES string of the molecule is CSc1nnc(NC(=O)COc2ccc(C)cc2Br)s1. The van der Waals surface area contributed by atoms with Gasteiger partial charge in [0.25, 0.3) is 5.91 Å². The maximum absolute atomic E-state index is 11.7. The highest BCUT2D eigenvalue weighted by Crippen LogP contribution is 2.26. The number of carbonyl (C=O) groups is 1. The minimum Gasteiger partial charge on any atom is -0.483 e. The Morgan fingerprint density at radius 3 is 2.95 bits per heavy atom. The van der Waals surface area contributed by atoms with Gasteiger partial charge >= 0.3 is 0 Å². The number of aryl methyl sites for hydroxylation is 1. The first-order chi connectivity index (χ1) is 9.58. The fraction of sp³-hybridized carbons (Fsp3) is 0.250. The van der Waals surface area contributed by atoms with E-state index < -0.39 is 0 Å². The zero-order chi connectivity index (χ0) is 14.5. The molecule has 20 heavy (non-hydrogen) atoms. The van der Waals surface area contributed by atoms with Gasteiger partial charge in [-0.15, -0.1) is 10.2 Å². The summed E-state index contributed by atoms with van der Waals surface area (Å²) < 4.78 is 7.08. The minimum atomic E-state index is -0.263. The van der Waals surface area contributed by atoms with E-state index in [-0.39, 0.29) is 12.5 Å². The summed E-state index contributed by atoms with van der Waals surface area (Å²) in [6.07, 6.45) is 1.91. The van der Waals surface area contributed by atoms with Gasteiger partial charge in [-0.05, 0) is 46.8 Å². The van der Waals surface area contributed by atoms with Crippen molar-refractivity contribution in [3.8, 4) is 5.75 Å². The molecule has 106 valence electrons. The van der Waals surface area contributed by atoms with Crippen LogP contribution < -0.4 is 10.1 Å². The van der Waals surface area contributed by atoms with E-state index in [9.17, 15) is 4.79 Å². The van der Waals surface area contributed by atoms with Crippen LogP contribution in [0.15, 0.2) is 27.0 Å². The van der Waals surface area contributed by atoms with E-state index in [1.54, 1.807) is 0 Å². The number of thioether (sulfide) groups is 1. The number of carbonyl (C=O) groups excluding carboxylic acids is 1. The number of hydrogen-bond donors (Lipinski definition) is 1. The number of anilines is 1. The molecule has 0 saturated heterocycles. The van der Waals surface area contributed by atoms with E-state index in [1.165, 1.54) is 23.1 Å². The molecule has 1 aromatic heterocycles. The minimum absolute atomic E-state index is 0.0736. The molecular weight excluding hydrogens is 362 g/mol. The van der Waals surface area contributed by atoms with Gasteiger partial charge in [0.05, 0.1) is 4.47 Å². The standard InChI is InChI=1S/C12H12BrN3O2S2/c1-7-3-4-9(8(13)5-7)18-6-10(17)14-11-15-16-12(19-2)20-11/h3-5H,6H2,1-2H3,(H,14,15,17). The Morgan fingerprint density at radius 1 is 1.50 bits per heavy atom. The topological polar surface area (TPSA) is 64.1 Å². The Labute approximate surface area is 133 Å². The molecule has 0 aliphatic heterocycles. The Hall–Kier alpha value is -1.12. The molecule has 5 nitrogen and oxygen atoms in total. The molecule has 1 heterocycles. The molecule has 1 aromatic carbocycles. The van der Waals surface area contributed by atoms with Crippen LogP contribution in [0.1, 0.15) is 5.56 Å². The second-order valence-electron chi connectivity index (χ2n) is 3.85. The largest absolute Gasteiger partial charge is 0.483 e. The lowest BCUT2D eigenvalue weighted by Crippen LogP contribution is -2.20. The molecule has 0 bridgehead atoms. The molecule has 2 aromatic rings. The molecule has 2 rings (SSSR count). The summed E-state index contributed by atoms with van der Waals surface area (Å²) in [5, 5.41) is 10.9. The van der Waals surface area contributed by atoms with Crippen LogP contribution in [0, 0.1) is 6.92 Å². The third-order valence-electron chi connectivity index (χ3n) is 2.27. The van der Waals surface area contributed by atoms with Crippen molar-refractivity contribution in [3.63, 3.8) is 0 Å². The second-order valence-corrected chi connectivity index (χ2v) is 6.73. The van der Waals surface area contributed by atoms with Crippen molar-refractivity contribution in [2.24, 2.45) is 0 Å². The highest BCUT2D eigenvalue weighted by atomic mass is 79.9. The zero-order valence-corrected chi connectivity index (χ0v) is 14.1. The third-order valence-corrected chi connectivity index (χ3v) is 4.71. The lowest BCUT2D eigenvalue weighted by Gasteiger charge is -2.08. The molecular formula is C12H12BrN3O2S2. The van der Waals surface area contributed by atoms with E-state index in [1.807, 2.05) is 31.4 Å². The van der Waals surface area contributed by atoms with Gasteiger partial charge in [-0.2, -0.15) is 0 Å². The number of benzene rings is 1. The number of aromatic nitrogens is 2. The highest BCUT2D eigenvalue weighted by Gasteiger charge is 2.09. The zero-order valence-electron chi connectivity index (χ0n) is 10.8. The summed E-state index contributed by atoms with van der Waals surface area (Å²) in [4.78, 5) is 11.7. The number of amides is 1. The molecule has 1 amide bonds. The van der Waals surface area contributed by atoms with Crippen molar-refractivity contribution in [1.82, 2.24) is 10.2 Å². The Balaban J connectivity index is 1.88. The van der Waals surface area contributed by atoms with E-state index in [4.69, 9.17) is 4.74 Å². The molecule has 0 spiro atoms. The van der Waals surface area contributed by atoms with Gasteiger partial charge in [0.2, 0.25) is 5.13 Å². The van der Waals surface area contributed by atoms with Crippen molar-refractivity contribution >= 4 is 50.1 Å². The van der Waals surface area contributed by atoms with Crippen LogP contribution >= 0.6 is 39.0 Å². The van der Waals surface area contributed by atoms with Gasteiger partial charge in [0.15, 0.2) is 10.9 Å². The summed E-state index contributed by atoms with van der Waals surface area (Å²) in [6, 6.07) is 5.68. The molecule has 0 fully saturated rings. The first-order valence-electron chi connectivity index (χ1n) is 5.65. The van der Waals surface area contributed by atoms with Crippen LogP contribution in [0.25, 0.3) is 0 Å². The molecule has 0 radical (unpaired) electrons. The number of hydrogen-bond acceptors (Lipinski definition) is 6. The summed E-state index contributed by atoms with van der Waals surface area (Å²) in [5.41, 5.74) is 1.12. The number of nitrogens with zero attached hydrogens (tertiary/aromatic N) is 2. The maximum Gasteiger partial charge on any atom is 0.264 e. The van der Waals surface area contributed by atoms with E-state index in [0.717, 1.165) is 14.4 Å². The monoisotopic (exact) mass is 373 g/mol. The van der Waals surface area contributed by atoms with Crippen LogP contribution in [0.4, 0.5) is 5.13 Å². The Morgan fingerprint density at radius 2 is 2.30 bits per heavy atom. The predicted molar refractivity (Wildman–Crippen MR) is 84.7 cm³/mol. The molecule has 0 saturated carbocycles. The van der Waals surface area contributed by atoms with Crippen LogP contribution in [-0.4, -0.2) is 29.0 Å². The number of nitrogens with one attached hydrogen (secondary N) is 1. The van der Waals surface area contributed by atoms with Gasteiger partial charge < -0.3 is 4.74 Å². The normalized spacial score (nSPS) is 10.3. The summed E-state index contributed by atoms with van der Waals surface area (Å²) in [6.45, 7) is 1.91. The van der Waals surface area contributed by atoms with Crippen molar-refractivity contribution in [3.05, 3.63) is 28.2 Å². The third kappa shape index (κ3) is 4.19. The second kappa shape index (κ2) is 7.05. The molecule has 0 aliphatic rings. The van der Waals surface area contributed by atoms with Gasteiger partial charge in [0.1, 0.15) is 5.75 Å². The maximum atomic E-state index is 11.7. The van der Waals surface area contributed by atoms with Crippen molar-refractivity contribution < 1.29 is 9.53 Å². The van der Waals surface area contributed by atoms with E-state index in [0.29, 0.717) is 10.9 Å². The van der Waals surface area contributed by atoms with Gasteiger partial charge in [-0.25, -0.2) is 0 Å². The molecule has 8 heteroatoms. The molecule has 0 unspecified atom stereocenters.